The van der Waals surface area contributed by atoms with Gasteiger partial charge in [0.2, 0.25) is 5.91 Å². The Morgan fingerprint density at radius 2 is 2.06 bits per heavy atom. The van der Waals surface area contributed by atoms with Crippen molar-refractivity contribution in [3.05, 3.63) is 42.5 Å². The molecule has 1 saturated heterocycles. The molecule has 4 rings (SSSR count). The van der Waals surface area contributed by atoms with Crippen LogP contribution in [0.15, 0.2) is 36.9 Å². The molecule has 3 atom stereocenters. The predicted molar refractivity (Wildman–Crippen MR) is 130 cm³/mol. The number of hydrogen-bond donors (Lipinski definition) is 3. The number of carbonyl (C=O) groups is 1. The zero-order valence-corrected chi connectivity index (χ0v) is 20.6. The first-order valence-electron chi connectivity index (χ1n) is 11.3. The number of nitrogens with zero attached hydrogens (tertiary/aromatic N) is 4. The normalized spacial score (nSPS) is 21.2. The predicted octanol–water partition coefficient (Wildman–Crippen LogP) is 1.70. The van der Waals surface area contributed by atoms with Crippen LogP contribution in [0.3, 0.4) is 0 Å². The van der Waals surface area contributed by atoms with Crippen molar-refractivity contribution in [1.29, 1.82) is 0 Å². The van der Waals surface area contributed by atoms with Crippen molar-refractivity contribution in [2.24, 2.45) is 11.7 Å². The van der Waals surface area contributed by atoms with E-state index in [1.54, 1.807) is 35.2 Å². The third-order valence-corrected chi connectivity index (χ3v) is 6.90. The summed E-state index contributed by atoms with van der Waals surface area (Å²) in [5.74, 6) is 0.844. The molecular weight excluding hydrogens is 473 g/mol. The molecule has 1 fully saturated rings. The number of rotatable bonds is 9. The molecule has 13 heteroatoms. The summed E-state index contributed by atoms with van der Waals surface area (Å²) >= 11 is 0. The quantitative estimate of drug-likeness (QED) is 0.365. The number of imidazole rings is 1. The van der Waals surface area contributed by atoms with Crippen LogP contribution in [-0.4, -0.2) is 57.1 Å². The number of benzene rings is 1. The van der Waals surface area contributed by atoms with Crippen molar-refractivity contribution in [1.82, 2.24) is 24.8 Å². The van der Waals surface area contributed by atoms with Gasteiger partial charge in [0.15, 0.2) is 17.8 Å². The molecule has 1 aliphatic rings. The van der Waals surface area contributed by atoms with Crippen molar-refractivity contribution in [2.75, 3.05) is 25.2 Å². The number of nitrogens with two attached hydrogens (primary N) is 2. The van der Waals surface area contributed by atoms with Crippen molar-refractivity contribution in [2.45, 2.75) is 39.0 Å². The second-order valence-electron chi connectivity index (χ2n) is 8.84. The van der Waals surface area contributed by atoms with Gasteiger partial charge in [-0.15, -0.1) is 0 Å². The Hall–Kier alpha value is -3.05. The molecule has 188 valence electrons. The standard InChI is InChI=1S/C22H30N7O5P/c1-14(2)8-25-22(30)18(23)7-15-3-5-16(6-4-15)34-35(31)13-32-17(10-33-35)9-29-12-28-19-20(24)26-11-27-21(19)29/h3-6,11-12,14,17-18H,7-10,13,23H2,1-2H3,(H,25,30)(H2,24,26,27)/t17-,18-,35+/m0/s1. The van der Waals surface area contributed by atoms with E-state index >= 15 is 0 Å². The van der Waals surface area contributed by atoms with E-state index in [-0.39, 0.29) is 25.0 Å². The second kappa shape index (κ2) is 10.7. The maximum absolute atomic E-state index is 13.0. The van der Waals surface area contributed by atoms with Gasteiger partial charge in [-0.3, -0.25) is 9.32 Å². The van der Waals surface area contributed by atoms with Crippen LogP contribution in [0.2, 0.25) is 0 Å². The van der Waals surface area contributed by atoms with E-state index in [1.807, 2.05) is 13.8 Å². The Labute approximate surface area is 202 Å². The maximum atomic E-state index is 13.0. The van der Waals surface area contributed by atoms with Crippen molar-refractivity contribution >= 4 is 30.5 Å². The van der Waals surface area contributed by atoms with Gasteiger partial charge >= 0.3 is 7.60 Å². The smallest absolute Gasteiger partial charge is 0.404 e. The van der Waals surface area contributed by atoms with Gasteiger partial charge in [0.05, 0.1) is 25.5 Å². The fraction of sp³-hybridized carbons (Fsp3) is 0.455. The Balaban J connectivity index is 1.28. The van der Waals surface area contributed by atoms with Gasteiger partial charge in [0.25, 0.3) is 0 Å². The molecule has 0 radical (unpaired) electrons. The van der Waals surface area contributed by atoms with E-state index in [0.717, 1.165) is 5.56 Å². The highest BCUT2D eigenvalue weighted by atomic mass is 31.2. The maximum Gasteiger partial charge on any atom is 0.404 e. The van der Waals surface area contributed by atoms with E-state index in [0.29, 0.717) is 48.2 Å². The van der Waals surface area contributed by atoms with E-state index in [9.17, 15) is 9.36 Å². The van der Waals surface area contributed by atoms with Gasteiger partial charge in [-0.25, -0.2) is 19.5 Å². The van der Waals surface area contributed by atoms with Crippen LogP contribution in [0, 0.1) is 5.92 Å². The molecule has 12 nitrogen and oxygen atoms in total. The molecule has 1 amide bonds. The molecule has 0 saturated carbocycles. The first-order chi connectivity index (χ1) is 16.7. The highest BCUT2D eigenvalue weighted by Gasteiger charge is 2.35. The Bertz CT molecular complexity index is 1200. The minimum Gasteiger partial charge on any atom is -0.423 e. The number of aromatic nitrogens is 4. The summed E-state index contributed by atoms with van der Waals surface area (Å²) in [6, 6.07) is 6.25. The Kier molecular flexibility index (Phi) is 7.66. The highest BCUT2D eigenvalue weighted by molar-refractivity contribution is 7.54. The lowest BCUT2D eigenvalue weighted by atomic mass is 10.1. The zero-order valence-electron chi connectivity index (χ0n) is 19.7. The minimum atomic E-state index is -3.48. The van der Waals surface area contributed by atoms with E-state index in [4.69, 9.17) is 25.3 Å². The Morgan fingerprint density at radius 1 is 1.29 bits per heavy atom. The summed E-state index contributed by atoms with van der Waals surface area (Å²) in [5, 5.41) is 2.83. The topological polar surface area (TPSA) is 169 Å². The summed E-state index contributed by atoms with van der Waals surface area (Å²) in [7, 11) is -3.48. The number of nitrogens with one attached hydrogen (secondary N) is 1. The molecule has 1 aliphatic heterocycles. The Morgan fingerprint density at radius 3 is 2.74 bits per heavy atom. The van der Waals surface area contributed by atoms with Crippen molar-refractivity contribution < 1.29 is 23.1 Å². The van der Waals surface area contributed by atoms with Gasteiger partial charge in [0.1, 0.15) is 23.7 Å². The van der Waals surface area contributed by atoms with Crippen LogP contribution < -0.4 is 21.3 Å². The minimum absolute atomic E-state index is 0.0793. The van der Waals surface area contributed by atoms with E-state index < -0.39 is 13.6 Å². The van der Waals surface area contributed by atoms with Gasteiger partial charge < -0.3 is 30.6 Å². The monoisotopic (exact) mass is 503 g/mol. The summed E-state index contributed by atoms with van der Waals surface area (Å²) in [6.07, 6.45) is 2.80. The van der Waals surface area contributed by atoms with Gasteiger partial charge in [-0.2, -0.15) is 0 Å². The second-order valence-corrected chi connectivity index (χ2v) is 10.8. The number of ether oxygens (including phenoxy) is 1. The number of fused-ring (bicyclic) bond motifs is 1. The summed E-state index contributed by atoms with van der Waals surface area (Å²) in [6.45, 7) is 5.09. The number of amides is 1. The number of nitrogen functional groups attached to an aromatic ring is 1. The third-order valence-electron chi connectivity index (χ3n) is 5.40. The fourth-order valence-electron chi connectivity index (χ4n) is 3.52. The SMILES string of the molecule is CC(C)CNC(=O)[C@@H](N)Cc1ccc(O[P@@]2(=O)CO[C@@H](Cn3cnc4c(N)ncnc43)CO2)cc1. The number of carbonyl (C=O) groups excluding carboxylic acids is 1. The summed E-state index contributed by atoms with van der Waals surface area (Å²) in [4.78, 5) is 24.4. The summed E-state index contributed by atoms with van der Waals surface area (Å²) in [5.41, 5.74) is 13.8. The number of anilines is 1. The largest absolute Gasteiger partial charge is 0.423 e. The van der Waals surface area contributed by atoms with Gasteiger partial charge in [0, 0.05) is 6.54 Å². The molecule has 1 aromatic carbocycles. The van der Waals surface area contributed by atoms with Crippen LogP contribution in [-0.2, 0) is 31.6 Å². The van der Waals surface area contributed by atoms with Crippen LogP contribution in [0.5, 0.6) is 5.75 Å². The van der Waals surface area contributed by atoms with Crippen LogP contribution in [0.4, 0.5) is 5.82 Å². The van der Waals surface area contributed by atoms with Crippen LogP contribution >= 0.6 is 7.60 Å². The lowest BCUT2D eigenvalue weighted by Gasteiger charge is -2.29. The van der Waals surface area contributed by atoms with E-state index in [1.165, 1.54) is 6.33 Å². The molecule has 0 unspecified atom stereocenters. The third kappa shape index (κ3) is 6.34. The fourth-order valence-corrected chi connectivity index (χ4v) is 4.93. The van der Waals surface area contributed by atoms with E-state index in [2.05, 4.69) is 20.3 Å². The zero-order chi connectivity index (χ0) is 25.0. The molecule has 3 aromatic rings. The average molecular weight is 504 g/mol. The average Bonchev–Trinajstić information content (AvgIpc) is 3.24. The first-order valence-corrected chi connectivity index (χ1v) is 13.0. The number of hydrogen-bond acceptors (Lipinski definition) is 10. The van der Waals surface area contributed by atoms with Gasteiger partial charge in [-0.05, 0) is 30.0 Å². The van der Waals surface area contributed by atoms with Gasteiger partial charge in [-0.1, -0.05) is 26.0 Å². The molecule has 35 heavy (non-hydrogen) atoms. The molecule has 5 N–H and O–H groups in total. The highest BCUT2D eigenvalue weighted by Crippen LogP contribution is 2.51. The lowest BCUT2D eigenvalue weighted by molar-refractivity contribution is -0.122. The molecule has 2 aromatic heterocycles. The van der Waals surface area contributed by atoms with Crippen LogP contribution in [0.1, 0.15) is 19.4 Å². The first kappa shape index (κ1) is 25.1. The molecule has 0 bridgehead atoms. The summed E-state index contributed by atoms with van der Waals surface area (Å²) < 4.78 is 31.7. The molecule has 3 heterocycles. The molecule has 0 spiro atoms. The lowest BCUT2D eigenvalue weighted by Crippen LogP contribution is -2.43. The van der Waals surface area contributed by atoms with Crippen LogP contribution in [0.25, 0.3) is 11.2 Å². The van der Waals surface area contributed by atoms with Crippen molar-refractivity contribution in [3.8, 4) is 5.75 Å². The molecular formula is C22H30N7O5P. The molecule has 0 aliphatic carbocycles. The van der Waals surface area contributed by atoms with Crippen molar-refractivity contribution in [3.63, 3.8) is 0 Å².